The average Bonchev–Trinajstić information content (AvgIpc) is 3.49. The van der Waals surface area contributed by atoms with E-state index in [0.717, 1.165) is 18.5 Å². The van der Waals surface area contributed by atoms with Gasteiger partial charge < -0.3 is 20.7 Å². The molecule has 11 nitrogen and oxygen atoms in total. The molecule has 0 aromatic carbocycles. The van der Waals surface area contributed by atoms with Crippen LogP contribution in [-0.4, -0.2) is 66.0 Å². The number of hydrogen-bond acceptors (Lipinski definition) is 7. The number of amides is 2. The fraction of sp³-hybridized carbons (Fsp3) is 0.522. The van der Waals surface area contributed by atoms with Crippen LogP contribution in [0.15, 0.2) is 24.8 Å². The molecular formula is C23H32N8O3. The Kier molecular flexibility index (Phi) is 6.20. The average molecular weight is 469 g/mol. The molecule has 2 unspecified atom stereocenters. The molecule has 3 N–H and O–H groups in total. The molecule has 182 valence electrons. The first-order chi connectivity index (χ1) is 16.1. The Hall–Kier alpha value is -3.63. The SMILES string of the molecule is CCC1CN(C(=O)OC(C)(C)C)CC1Nc1c(C(N)=O)cnn2cc(-c3cnn(CC)c3)nc12. The molecule has 1 saturated heterocycles. The molecular weight excluding hydrogens is 436 g/mol. The van der Waals surface area contributed by atoms with E-state index in [1.165, 1.54) is 6.20 Å². The monoisotopic (exact) mass is 468 g/mol. The molecule has 0 aliphatic carbocycles. The van der Waals surface area contributed by atoms with Crippen LogP contribution in [0.4, 0.5) is 10.5 Å². The van der Waals surface area contributed by atoms with Crippen molar-refractivity contribution < 1.29 is 14.3 Å². The molecule has 1 fully saturated rings. The van der Waals surface area contributed by atoms with E-state index in [9.17, 15) is 9.59 Å². The Morgan fingerprint density at radius 1 is 1.18 bits per heavy atom. The summed E-state index contributed by atoms with van der Waals surface area (Å²) in [5.74, 6) is -0.436. The smallest absolute Gasteiger partial charge is 0.410 e. The highest BCUT2D eigenvalue weighted by Gasteiger charge is 2.37. The standard InChI is InChI=1S/C23H32N8O3/c1-6-14-10-29(22(33)34-23(3,4)5)12-17(14)27-19-16(20(24)32)9-26-31-13-18(28-21(19)31)15-8-25-30(7-2)11-15/h8-9,11,13-14,17,27H,6-7,10,12H2,1-5H3,(H2,24,32). The maximum absolute atomic E-state index is 12.7. The zero-order chi connectivity index (χ0) is 24.6. The second-order valence-electron chi connectivity index (χ2n) is 9.58. The van der Waals surface area contributed by atoms with E-state index in [1.807, 2.05) is 38.6 Å². The minimum absolute atomic E-state index is 0.107. The van der Waals surface area contributed by atoms with Gasteiger partial charge in [0.25, 0.3) is 5.91 Å². The summed E-state index contributed by atoms with van der Waals surface area (Å²) in [6.45, 7) is 11.4. The number of nitrogens with one attached hydrogen (secondary N) is 1. The third-order valence-electron chi connectivity index (χ3n) is 5.96. The molecule has 0 saturated carbocycles. The minimum Gasteiger partial charge on any atom is -0.444 e. The third kappa shape index (κ3) is 4.68. The first-order valence-electron chi connectivity index (χ1n) is 11.5. The summed E-state index contributed by atoms with van der Waals surface area (Å²) in [5, 5.41) is 12.1. The van der Waals surface area contributed by atoms with Crippen molar-refractivity contribution in [2.75, 3.05) is 18.4 Å². The van der Waals surface area contributed by atoms with Gasteiger partial charge in [-0.25, -0.2) is 14.3 Å². The number of imidazole rings is 1. The molecule has 0 bridgehead atoms. The van der Waals surface area contributed by atoms with Crippen LogP contribution in [0.2, 0.25) is 0 Å². The number of fused-ring (bicyclic) bond motifs is 1. The number of anilines is 1. The van der Waals surface area contributed by atoms with Gasteiger partial charge in [0.15, 0.2) is 5.65 Å². The molecule has 0 spiro atoms. The van der Waals surface area contributed by atoms with Gasteiger partial charge in [-0.15, -0.1) is 0 Å². The van der Waals surface area contributed by atoms with Crippen LogP contribution in [0.5, 0.6) is 0 Å². The van der Waals surface area contributed by atoms with Crippen molar-refractivity contribution in [2.24, 2.45) is 11.7 Å². The normalized spacial score (nSPS) is 18.4. The predicted octanol–water partition coefficient (Wildman–Crippen LogP) is 2.77. The van der Waals surface area contributed by atoms with Crippen molar-refractivity contribution in [3.05, 3.63) is 30.4 Å². The van der Waals surface area contributed by atoms with Crippen LogP contribution < -0.4 is 11.1 Å². The molecule has 3 aromatic heterocycles. The fourth-order valence-corrected chi connectivity index (χ4v) is 4.18. The number of aryl methyl sites for hydroxylation is 1. The number of ether oxygens (including phenoxy) is 1. The Labute approximate surface area is 198 Å². The number of carbonyl (C=O) groups is 2. The number of carbonyl (C=O) groups excluding carboxylic acids is 2. The van der Waals surface area contributed by atoms with Crippen molar-refractivity contribution in [3.63, 3.8) is 0 Å². The van der Waals surface area contributed by atoms with Gasteiger partial charge in [-0.1, -0.05) is 6.92 Å². The molecule has 2 atom stereocenters. The van der Waals surface area contributed by atoms with Crippen LogP contribution in [0, 0.1) is 5.92 Å². The molecule has 34 heavy (non-hydrogen) atoms. The first kappa shape index (κ1) is 23.5. The molecule has 4 heterocycles. The van der Waals surface area contributed by atoms with E-state index in [-0.39, 0.29) is 23.6 Å². The van der Waals surface area contributed by atoms with E-state index in [1.54, 1.807) is 21.8 Å². The minimum atomic E-state index is -0.601. The molecule has 3 aromatic rings. The lowest BCUT2D eigenvalue weighted by atomic mass is 10.0. The molecule has 0 radical (unpaired) electrons. The van der Waals surface area contributed by atoms with Gasteiger partial charge in [0.05, 0.1) is 35.5 Å². The highest BCUT2D eigenvalue weighted by Crippen LogP contribution is 2.30. The quantitative estimate of drug-likeness (QED) is 0.568. The van der Waals surface area contributed by atoms with Crippen molar-refractivity contribution in [1.29, 1.82) is 0 Å². The van der Waals surface area contributed by atoms with Gasteiger partial charge in [-0.3, -0.25) is 9.48 Å². The van der Waals surface area contributed by atoms with Gasteiger partial charge in [-0.2, -0.15) is 10.2 Å². The molecule has 2 amide bonds. The number of nitrogens with two attached hydrogens (primary N) is 1. The van der Waals surface area contributed by atoms with E-state index in [0.29, 0.717) is 30.1 Å². The van der Waals surface area contributed by atoms with Crippen LogP contribution in [0.1, 0.15) is 51.4 Å². The van der Waals surface area contributed by atoms with Gasteiger partial charge in [-0.05, 0) is 40.0 Å². The number of primary amides is 1. The summed E-state index contributed by atoms with van der Waals surface area (Å²) in [6.07, 6.45) is 7.39. The fourth-order valence-electron chi connectivity index (χ4n) is 4.18. The summed E-state index contributed by atoms with van der Waals surface area (Å²) >= 11 is 0. The van der Waals surface area contributed by atoms with Crippen molar-refractivity contribution >= 4 is 23.3 Å². The van der Waals surface area contributed by atoms with Gasteiger partial charge in [0.2, 0.25) is 0 Å². The Morgan fingerprint density at radius 3 is 2.56 bits per heavy atom. The van der Waals surface area contributed by atoms with E-state index >= 15 is 0 Å². The van der Waals surface area contributed by atoms with Crippen LogP contribution >= 0.6 is 0 Å². The van der Waals surface area contributed by atoms with Gasteiger partial charge in [0.1, 0.15) is 5.60 Å². The van der Waals surface area contributed by atoms with Gasteiger partial charge >= 0.3 is 6.09 Å². The maximum Gasteiger partial charge on any atom is 0.410 e. The molecule has 1 aliphatic rings. The lowest BCUT2D eigenvalue weighted by Gasteiger charge is -2.24. The number of nitrogens with zero attached hydrogens (tertiary/aromatic N) is 6. The number of likely N-dealkylation sites (tertiary alicyclic amines) is 1. The number of hydrogen-bond donors (Lipinski definition) is 2. The largest absolute Gasteiger partial charge is 0.444 e. The summed E-state index contributed by atoms with van der Waals surface area (Å²) < 4.78 is 9.00. The highest BCUT2D eigenvalue weighted by molar-refractivity contribution is 6.01. The van der Waals surface area contributed by atoms with Crippen LogP contribution in [-0.2, 0) is 11.3 Å². The zero-order valence-electron chi connectivity index (χ0n) is 20.3. The second-order valence-corrected chi connectivity index (χ2v) is 9.58. The highest BCUT2D eigenvalue weighted by atomic mass is 16.6. The lowest BCUT2D eigenvalue weighted by molar-refractivity contribution is 0.0287. The van der Waals surface area contributed by atoms with Crippen molar-refractivity contribution in [2.45, 2.75) is 59.2 Å². The van der Waals surface area contributed by atoms with Crippen LogP contribution in [0.25, 0.3) is 16.9 Å². The molecule has 4 rings (SSSR count). The molecule has 11 heteroatoms. The van der Waals surface area contributed by atoms with E-state index in [2.05, 4.69) is 22.4 Å². The lowest BCUT2D eigenvalue weighted by Crippen LogP contribution is -2.36. The molecule has 1 aliphatic heterocycles. The Balaban J connectivity index is 1.67. The summed E-state index contributed by atoms with van der Waals surface area (Å²) in [7, 11) is 0. The van der Waals surface area contributed by atoms with E-state index < -0.39 is 11.5 Å². The van der Waals surface area contributed by atoms with Crippen molar-refractivity contribution in [3.8, 4) is 11.3 Å². The Morgan fingerprint density at radius 2 is 1.94 bits per heavy atom. The third-order valence-corrected chi connectivity index (χ3v) is 5.96. The second kappa shape index (κ2) is 8.96. The van der Waals surface area contributed by atoms with E-state index in [4.69, 9.17) is 15.5 Å². The van der Waals surface area contributed by atoms with Crippen LogP contribution in [0.3, 0.4) is 0 Å². The zero-order valence-corrected chi connectivity index (χ0v) is 20.3. The summed E-state index contributed by atoms with van der Waals surface area (Å²) in [5.41, 5.74) is 7.88. The number of aromatic nitrogens is 5. The summed E-state index contributed by atoms with van der Waals surface area (Å²) in [4.78, 5) is 31.4. The Bertz CT molecular complexity index is 1210. The predicted molar refractivity (Wildman–Crippen MR) is 127 cm³/mol. The summed E-state index contributed by atoms with van der Waals surface area (Å²) in [6, 6.07) is -0.107. The first-order valence-corrected chi connectivity index (χ1v) is 11.5. The van der Waals surface area contributed by atoms with Gasteiger partial charge in [0, 0.05) is 37.4 Å². The number of rotatable bonds is 6. The van der Waals surface area contributed by atoms with Crippen molar-refractivity contribution in [1.82, 2.24) is 29.3 Å². The topological polar surface area (TPSA) is 133 Å². The maximum atomic E-state index is 12.7.